The molecule has 0 amide bonds. The average molecular weight is 909 g/mol. The predicted molar refractivity (Wildman–Crippen MR) is 223 cm³/mol. The number of hydrogen-bond donors (Lipinski definition) is 1. The number of ketones is 1. The summed E-state index contributed by atoms with van der Waals surface area (Å²) in [5, 5.41) is 14.1. The van der Waals surface area contributed by atoms with E-state index in [2.05, 4.69) is 101 Å². The molecule has 2 aliphatic rings. The predicted octanol–water partition coefficient (Wildman–Crippen LogP) is 13.6. The normalized spacial score (nSPS) is 17.5. The summed E-state index contributed by atoms with van der Waals surface area (Å²) >= 11 is 1.96. The maximum Gasteiger partial charge on any atom is 0.220 e. The molecule has 1 aliphatic heterocycles. The smallest absolute Gasteiger partial charge is 0.220 e. The van der Waals surface area contributed by atoms with Gasteiger partial charge in [-0.2, -0.15) is 0 Å². The van der Waals surface area contributed by atoms with Gasteiger partial charge < -0.3 is 9.52 Å². The molecule has 0 fully saturated rings. The van der Waals surface area contributed by atoms with Crippen molar-refractivity contribution in [3.63, 3.8) is 0 Å². The first-order chi connectivity index (χ1) is 24.5. The second-order valence-corrected chi connectivity index (χ2v) is 17.4. The molecule has 0 spiro atoms. The Morgan fingerprint density at radius 1 is 0.925 bits per heavy atom. The number of fused-ring (bicyclic) bond motifs is 3. The fraction of sp³-hybridized carbons (Fsp3) is 0.447. The van der Waals surface area contributed by atoms with E-state index in [4.69, 9.17) is 9.40 Å². The third kappa shape index (κ3) is 8.41. The Balaban J connectivity index is 0.000000299. The monoisotopic (exact) mass is 909 g/mol. The second-order valence-electron chi connectivity index (χ2n) is 16.2. The van der Waals surface area contributed by atoms with Crippen molar-refractivity contribution in [1.29, 1.82) is 0 Å². The van der Waals surface area contributed by atoms with Crippen LogP contribution in [0.5, 0.6) is 0 Å². The molecular formula is C47H58IrNO3S-. The first kappa shape index (κ1) is 42.6. The average Bonchev–Trinajstić information content (AvgIpc) is 3.63. The fourth-order valence-electron chi connectivity index (χ4n) is 7.09. The van der Waals surface area contributed by atoms with Gasteiger partial charge in [-0.05, 0) is 57.4 Å². The van der Waals surface area contributed by atoms with E-state index in [0.29, 0.717) is 16.9 Å². The molecule has 6 heteroatoms. The van der Waals surface area contributed by atoms with Crippen molar-refractivity contribution in [2.24, 2.45) is 16.7 Å². The number of hydrogen-bond acceptors (Lipinski definition) is 5. The molecule has 2 atom stereocenters. The largest absolute Gasteiger partial charge is 0.512 e. The summed E-state index contributed by atoms with van der Waals surface area (Å²) in [6.07, 6.45) is 13.8. The number of aliphatic hydroxyl groups excluding tert-OH is 1. The summed E-state index contributed by atoms with van der Waals surface area (Å²) in [5.74, 6) is 1.66. The zero-order chi connectivity index (χ0) is 38.2. The third-order valence-corrected chi connectivity index (χ3v) is 13.5. The van der Waals surface area contributed by atoms with Crippen LogP contribution >= 0.6 is 11.8 Å². The van der Waals surface area contributed by atoms with Crippen molar-refractivity contribution in [1.82, 2.24) is 4.98 Å². The van der Waals surface area contributed by atoms with Crippen LogP contribution in [0.3, 0.4) is 0 Å². The number of furan rings is 1. The fourth-order valence-corrected chi connectivity index (χ4v) is 8.58. The Morgan fingerprint density at radius 2 is 1.55 bits per heavy atom. The van der Waals surface area contributed by atoms with Gasteiger partial charge in [-0.1, -0.05) is 127 Å². The molecule has 2 aromatic carbocycles. The summed E-state index contributed by atoms with van der Waals surface area (Å²) in [7, 11) is 0. The molecule has 53 heavy (non-hydrogen) atoms. The van der Waals surface area contributed by atoms with Crippen LogP contribution in [0.4, 0.5) is 0 Å². The Kier molecular flexibility index (Phi) is 13.4. The van der Waals surface area contributed by atoms with Gasteiger partial charge >= 0.3 is 0 Å². The molecule has 0 bridgehead atoms. The maximum atomic E-state index is 12.2. The minimum Gasteiger partial charge on any atom is -0.512 e. The van der Waals surface area contributed by atoms with E-state index in [-0.39, 0.29) is 47.9 Å². The van der Waals surface area contributed by atoms with E-state index in [1.165, 1.54) is 38.6 Å². The number of carbonyl (C=O) groups is 1. The number of rotatable bonds is 9. The molecule has 4 nitrogen and oxygen atoms in total. The van der Waals surface area contributed by atoms with Gasteiger partial charge in [-0.3, -0.25) is 9.78 Å². The first-order valence-corrected chi connectivity index (χ1v) is 19.9. The Bertz CT molecular complexity index is 2100. The van der Waals surface area contributed by atoms with Crippen LogP contribution in [-0.4, -0.2) is 21.1 Å². The van der Waals surface area contributed by atoms with Gasteiger partial charge in [0.15, 0.2) is 5.78 Å². The summed E-state index contributed by atoms with van der Waals surface area (Å²) < 4.78 is 6.22. The van der Waals surface area contributed by atoms with E-state index in [9.17, 15) is 9.90 Å². The number of aryl methyl sites for hydroxylation is 2. The zero-order valence-electron chi connectivity index (χ0n) is 33.8. The van der Waals surface area contributed by atoms with E-state index in [1.807, 2.05) is 60.2 Å². The number of carbonyl (C=O) groups excluding carboxylic acids is 1. The van der Waals surface area contributed by atoms with Crippen LogP contribution in [0.25, 0.3) is 38.0 Å². The van der Waals surface area contributed by atoms with Gasteiger partial charge in [-0.15, -0.1) is 40.9 Å². The Labute approximate surface area is 336 Å². The Hall–Kier alpha value is -3.18. The molecule has 3 heterocycles. The van der Waals surface area contributed by atoms with Crippen LogP contribution < -0.4 is 0 Å². The van der Waals surface area contributed by atoms with Crippen molar-refractivity contribution >= 4 is 44.3 Å². The van der Waals surface area contributed by atoms with Gasteiger partial charge in [0.2, 0.25) is 5.71 Å². The van der Waals surface area contributed by atoms with Crippen LogP contribution in [-0.2, 0) is 30.3 Å². The number of benzene rings is 2. The molecule has 0 saturated heterocycles. The minimum absolute atomic E-state index is 0. The van der Waals surface area contributed by atoms with E-state index < -0.39 is 0 Å². The zero-order valence-corrected chi connectivity index (χ0v) is 37.0. The van der Waals surface area contributed by atoms with Crippen molar-refractivity contribution in [3.05, 3.63) is 107 Å². The molecule has 6 rings (SSSR count). The first-order valence-electron chi connectivity index (χ1n) is 19.1. The number of nitrogens with zero attached hydrogens (tertiary/aromatic N) is 1. The molecule has 4 aromatic rings. The third-order valence-electron chi connectivity index (χ3n) is 12.0. The van der Waals surface area contributed by atoms with Crippen LogP contribution in [0.15, 0.2) is 82.5 Å². The van der Waals surface area contributed by atoms with Gasteiger partial charge in [0.1, 0.15) is 11.5 Å². The number of allylic oxidation sites excluding steroid dienone is 6. The summed E-state index contributed by atoms with van der Waals surface area (Å²) in [6, 6.07) is 16.8. The summed E-state index contributed by atoms with van der Waals surface area (Å²) in [5.41, 5.74) is 7.19. The van der Waals surface area contributed by atoms with E-state index >= 15 is 0 Å². The molecule has 285 valence electrons. The molecule has 0 saturated carbocycles. The van der Waals surface area contributed by atoms with Crippen molar-refractivity contribution in [2.45, 2.75) is 119 Å². The number of thioether (sulfide) groups is 1. The number of aliphatic hydroxyl groups is 1. The maximum absolute atomic E-state index is 12.2. The van der Waals surface area contributed by atoms with E-state index in [1.54, 1.807) is 0 Å². The molecule has 1 radical (unpaired) electrons. The SMILES string of the molecule is CC1=C(c2cc(-c3[c-]c4ccccc4c(C(C)(C)C)c3)nc3oc(C)c(C)c23)SC2C=CC=CC12.CCC(C)(CC)C(=O)/C=C(\O)C(C)(CC)CC.[Ir]. The van der Waals surface area contributed by atoms with Gasteiger partial charge in [0.25, 0.3) is 0 Å². The van der Waals surface area contributed by atoms with Crippen LogP contribution in [0.2, 0.25) is 0 Å². The standard InChI is InChI=1S/C32H30NOS.C15H28O2.Ir/c1-18-20(3)34-31-29(18)25(30-19(2)23-12-9-10-14-28(23)35-30)17-27(33-31)22-15-21-11-7-8-13-24(21)26(16-22)32(4,5)6;1-7-14(5,8-2)12(16)11-13(17)15(6,9-3)10-4;/h7-14,16-17,23,28H,1-6H3;11,16H,7-10H2,1-6H3;/q-1;;/b;12-11-;. The van der Waals surface area contributed by atoms with Crippen molar-refractivity contribution in [2.75, 3.05) is 0 Å². The number of pyridine rings is 1. The van der Waals surface area contributed by atoms with Crippen molar-refractivity contribution < 1.29 is 34.4 Å². The van der Waals surface area contributed by atoms with Crippen LogP contribution in [0.1, 0.15) is 117 Å². The quantitative estimate of drug-likeness (QED) is 0.103. The number of aromatic nitrogens is 1. The van der Waals surface area contributed by atoms with E-state index in [0.717, 1.165) is 53.5 Å². The summed E-state index contributed by atoms with van der Waals surface area (Å²) in [6.45, 7) is 25.4. The topological polar surface area (TPSA) is 63.3 Å². The molecule has 1 aliphatic carbocycles. The van der Waals surface area contributed by atoms with Crippen molar-refractivity contribution in [3.8, 4) is 11.3 Å². The molecule has 1 N–H and O–H groups in total. The van der Waals surface area contributed by atoms with Crippen LogP contribution in [0, 0.1) is 36.7 Å². The second kappa shape index (κ2) is 16.7. The molecule has 2 aromatic heterocycles. The van der Waals surface area contributed by atoms with Gasteiger partial charge in [0, 0.05) is 64.3 Å². The van der Waals surface area contributed by atoms with Gasteiger partial charge in [0.05, 0.1) is 5.39 Å². The summed E-state index contributed by atoms with van der Waals surface area (Å²) in [4.78, 5) is 18.6. The van der Waals surface area contributed by atoms with Gasteiger partial charge in [-0.25, -0.2) is 0 Å². The Morgan fingerprint density at radius 3 is 2.15 bits per heavy atom. The molecule has 2 unspecified atom stereocenters. The molecular weight excluding hydrogens is 851 g/mol. The minimum atomic E-state index is -0.337.